The van der Waals surface area contributed by atoms with Gasteiger partial charge in [-0.3, -0.25) is 0 Å². The zero-order chi connectivity index (χ0) is 6.85. The largest absolute Gasteiger partial charge is 0.325 e. The van der Waals surface area contributed by atoms with E-state index in [9.17, 15) is 4.39 Å². The van der Waals surface area contributed by atoms with E-state index in [1.807, 2.05) is 11.9 Å². The Kier molecular flexibility index (Phi) is 2.03. The third-order valence-electron chi connectivity index (χ3n) is 1.79. The second-order valence-corrected chi connectivity index (χ2v) is 2.73. The van der Waals surface area contributed by atoms with Gasteiger partial charge in [-0.1, -0.05) is 0 Å². The monoisotopic (exact) mass is 132 g/mol. The summed E-state index contributed by atoms with van der Waals surface area (Å²) in [6, 6.07) is -0.221. The van der Waals surface area contributed by atoms with Gasteiger partial charge in [0.15, 0.2) is 0 Å². The molecular formula is C6H13FN2. The van der Waals surface area contributed by atoms with Gasteiger partial charge in [0.2, 0.25) is 0 Å². The molecule has 1 fully saturated rings. The van der Waals surface area contributed by atoms with E-state index in [-0.39, 0.29) is 6.04 Å². The van der Waals surface area contributed by atoms with Crippen LogP contribution in [0.5, 0.6) is 0 Å². The van der Waals surface area contributed by atoms with Gasteiger partial charge in [0.1, 0.15) is 6.17 Å². The minimum Gasteiger partial charge on any atom is -0.325 e. The van der Waals surface area contributed by atoms with Gasteiger partial charge < -0.3 is 10.6 Å². The highest BCUT2D eigenvalue weighted by Gasteiger charge is 2.23. The Hall–Kier alpha value is -0.150. The topological polar surface area (TPSA) is 29.3 Å². The Morgan fingerprint density at radius 2 is 2.33 bits per heavy atom. The number of nitrogens with zero attached hydrogens (tertiary/aromatic N) is 1. The predicted molar refractivity (Wildman–Crippen MR) is 35.0 cm³/mol. The number of nitrogens with two attached hydrogens (primary N) is 1. The van der Waals surface area contributed by atoms with Gasteiger partial charge >= 0.3 is 0 Å². The summed E-state index contributed by atoms with van der Waals surface area (Å²) in [6.07, 6.45) is -0.0266. The number of hydrogen-bond donors (Lipinski definition) is 1. The molecule has 3 heteroatoms. The van der Waals surface area contributed by atoms with Crippen molar-refractivity contribution in [3.8, 4) is 0 Å². The standard InChI is InChI=1S/C6H13FN2/c1-9-3-2-6(8)5(7)4-9/h5-6H,2-4,8H2,1H3/t5?,6-/m0/s1. The number of piperidine rings is 1. The number of alkyl halides is 1. The van der Waals surface area contributed by atoms with Crippen molar-refractivity contribution in [3.05, 3.63) is 0 Å². The SMILES string of the molecule is CN1CC[C@H](N)C(F)C1. The van der Waals surface area contributed by atoms with Crippen LogP contribution in [0.1, 0.15) is 6.42 Å². The van der Waals surface area contributed by atoms with E-state index in [1.54, 1.807) is 0 Å². The average Bonchev–Trinajstić information content (AvgIpc) is 1.80. The Labute approximate surface area is 54.8 Å². The average molecular weight is 132 g/mol. The molecule has 1 unspecified atom stereocenters. The minimum absolute atomic E-state index is 0.221. The van der Waals surface area contributed by atoms with Crippen molar-refractivity contribution in [1.82, 2.24) is 4.90 Å². The van der Waals surface area contributed by atoms with E-state index >= 15 is 0 Å². The maximum atomic E-state index is 12.7. The van der Waals surface area contributed by atoms with Crippen molar-refractivity contribution in [2.24, 2.45) is 5.73 Å². The van der Waals surface area contributed by atoms with Crippen molar-refractivity contribution in [2.45, 2.75) is 18.6 Å². The molecule has 0 saturated carbocycles. The Morgan fingerprint density at radius 3 is 2.78 bits per heavy atom. The van der Waals surface area contributed by atoms with E-state index in [4.69, 9.17) is 5.73 Å². The van der Waals surface area contributed by atoms with Crippen LogP contribution in [-0.2, 0) is 0 Å². The molecule has 0 bridgehead atoms. The molecular weight excluding hydrogens is 119 g/mol. The van der Waals surface area contributed by atoms with Crippen molar-refractivity contribution in [3.63, 3.8) is 0 Å². The van der Waals surface area contributed by atoms with E-state index in [0.29, 0.717) is 6.54 Å². The third kappa shape index (κ3) is 1.63. The van der Waals surface area contributed by atoms with Gasteiger partial charge in [0, 0.05) is 12.6 Å². The molecule has 2 atom stereocenters. The fraction of sp³-hybridized carbons (Fsp3) is 1.00. The van der Waals surface area contributed by atoms with Crippen molar-refractivity contribution in [2.75, 3.05) is 20.1 Å². The minimum atomic E-state index is -0.816. The molecule has 0 aromatic rings. The van der Waals surface area contributed by atoms with Crippen LogP contribution in [0.4, 0.5) is 4.39 Å². The van der Waals surface area contributed by atoms with E-state index < -0.39 is 6.17 Å². The molecule has 1 aliphatic rings. The first-order valence-corrected chi connectivity index (χ1v) is 3.28. The summed E-state index contributed by atoms with van der Waals surface area (Å²) in [4.78, 5) is 1.97. The van der Waals surface area contributed by atoms with Gasteiger partial charge in [0.25, 0.3) is 0 Å². The first kappa shape index (κ1) is 6.96. The van der Waals surface area contributed by atoms with Crippen LogP contribution in [0.25, 0.3) is 0 Å². The molecule has 54 valence electrons. The smallest absolute Gasteiger partial charge is 0.128 e. The van der Waals surface area contributed by atoms with Crippen LogP contribution in [0, 0.1) is 0 Å². The molecule has 0 aromatic heterocycles. The van der Waals surface area contributed by atoms with Crippen LogP contribution in [-0.4, -0.2) is 37.3 Å². The highest BCUT2D eigenvalue weighted by atomic mass is 19.1. The predicted octanol–water partition coefficient (Wildman–Crippen LogP) is -0.0127. The van der Waals surface area contributed by atoms with Crippen LogP contribution < -0.4 is 5.73 Å². The lowest BCUT2D eigenvalue weighted by atomic mass is 10.1. The van der Waals surface area contributed by atoms with Crippen molar-refractivity contribution >= 4 is 0 Å². The van der Waals surface area contributed by atoms with Crippen molar-refractivity contribution < 1.29 is 4.39 Å². The quantitative estimate of drug-likeness (QED) is 0.502. The third-order valence-corrected chi connectivity index (χ3v) is 1.79. The van der Waals surface area contributed by atoms with Gasteiger partial charge in [-0.2, -0.15) is 0 Å². The fourth-order valence-electron chi connectivity index (χ4n) is 1.07. The van der Waals surface area contributed by atoms with E-state index in [2.05, 4.69) is 0 Å². The highest BCUT2D eigenvalue weighted by Crippen LogP contribution is 2.09. The van der Waals surface area contributed by atoms with E-state index in [0.717, 1.165) is 13.0 Å². The second-order valence-electron chi connectivity index (χ2n) is 2.73. The molecule has 1 rings (SSSR count). The maximum Gasteiger partial charge on any atom is 0.128 e. The first-order valence-electron chi connectivity index (χ1n) is 3.28. The lowest BCUT2D eigenvalue weighted by molar-refractivity contribution is 0.141. The molecule has 0 amide bonds. The molecule has 2 nitrogen and oxygen atoms in total. The van der Waals surface area contributed by atoms with Gasteiger partial charge in [-0.15, -0.1) is 0 Å². The van der Waals surface area contributed by atoms with Gasteiger partial charge in [-0.05, 0) is 20.0 Å². The van der Waals surface area contributed by atoms with E-state index in [1.165, 1.54) is 0 Å². The lowest BCUT2D eigenvalue weighted by Gasteiger charge is -2.29. The molecule has 1 aliphatic heterocycles. The normalized spacial score (nSPS) is 39.0. The van der Waals surface area contributed by atoms with Crippen LogP contribution in [0.2, 0.25) is 0 Å². The maximum absolute atomic E-state index is 12.7. The zero-order valence-corrected chi connectivity index (χ0v) is 5.68. The summed E-state index contributed by atoms with van der Waals surface area (Å²) in [5.74, 6) is 0. The molecule has 1 saturated heterocycles. The summed E-state index contributed by atoms with van der Waals surface area (Å²) in [5, 5.41) is 0. The lowest BCUT2D eigenvalue weighted by Crippen LogP contribution is -2.46. The Balaban J connectivity index is 2.35. The van der Waals surface area contributed by atoms with Crippen LogP contribution in [0.15, 0.2) is 0 Å². The fourth-order valence-corrected chi connectivity index (χ4v) is 1.07. The molecule has 2 N–H and O–H groups in total. The molecule has 0 aromatic carbocycles. The van der Waals surface area contributed by atoms with Gasteiger partial charge in [0.05, 0.1) is 0 Å². The molecule has 0 radical (unpaired) electrons. The summed E-state index contributed by atoms with van der Waals surface area (Å²) >= 11 is 0. The second kappa shape index (κ2) is 2.62. The Bertz CT molecular complexity index is 97.1. The summed E-state index contributed by atoms with van der Waals surface area (Å²) < 4.78 is 12.7. The number of rotatable bonds is 0. The first-order chi connectivity index (χ1) is 4.20. The molecule has 0 spiro atoms. The number of halogens is 1. The summed E-state index contributed by atoms with van der Waals surface area (Å²) in [5.41, 5.74) is 5.44. The molecule has 1 heterocycles. The highest BCUT2D eigenvalue weighted by molar-refractivity contribution is 4.80. The Morgan fingerprint density at radius 1 is 1.67 bits per heavy atom. The summed E-state index contributed by atoms with van der Waals surface area (Å²) in [6.45, 7) is 1.43. The van der Waals surface area contributed by atoms with Crippen LogP contribution >= 0.6 is 0 Å². The zero-order valence-electron chi connectivity index (χ0n) is 5.68. The van der Waals surface area contributed by atoms with Gasteiger partial charge in [-0.25, -0.2) is 4.39 Å². The van der Waals surface area contributed by atoms with Crippen LogP contribution in [0.3, 0.4) is 0 Å². The molecule has 0 aliphatic carbocycles. The van der Waals surface area contributed by atoms with Crippen molar-refractivity contribution in [1.29, 1.82) is 0 Å². The molecule has 9 heavy (non-hydrogen) atoms. The summed E-state index contributed by atoms with van der Waals surface area (Å²) in [7, 11) is 1.92. The number of likely N-dealkylation sites (tertiary alicyclic amines) is 1. The number of hydrogen-bond acceptors (Lipinski definition) is 2.